The molecular weight excluding hydrogens is 418 g/mol. The van der Waals surface area contributed by atoms with Crippen LogP contribution in [0.15, 0.2) is 29.2 Å². The smallest absolute Gasteiger partial charge is 0.409 e. The number of ether oxygens (including phenoxy) is 2. The maximum absolute atomic E-state index is 12.4. The van der Waals surface area contributed by atoms with Crippen molar-refractivity contribution in [2.45, 2.75) is 24.3 Å². The van der Waals surface area contributed by atoms with Crippen molar-refractivity contribution in [2.75, 3.05) is 31.8 Å². The number of sulfone groups is 1. The molecule has 1 aromatic heterocycles. The molecule has 1 aromatic carbocycles. The molecule has 0 atom stereocenters. The van der Waals surface area contributed by atoms with E-state index in [0.29, 0.717) is 30.4 Å². The molecule has 0 bridgehead atoms. The van der Waals surface area contributed by atoms with Crippen LogP contribution in [0.4, 0.5) is 9.93 Å². The van der Waals surface area contributed by atoms with Crippen LogP contribution in [0.25, 0.3) is 0 Å². The third kappa shape index (κ3) is 5.04. The van der Waals surface area contributed by atoms with Crippen molar-refractivity contribution in [1.82, 2.24) is 9.88 Å². The van der Waals surface area contributed by atoms with E-state index in [1.54, 1.807) is 17.0 Å². The molecule has 29 heavy (non-hydrogen) atoms. The summed E-state index contributed by atoms with van der Waals surface area (Å²) in [5.41, 5.74) is 0.830. The summed E-state index contributed by atoms with van der Waals surface area (Å²) >= 11 is 1.27. The SMILES string of the molecule is COC(=O)N1CCc2nc(NC(=O)CCS(=O)(=O)c3ccc(OC)cc3)sc2C1. The highest BCUT2D eigenvalue weighted by Crippen LogP contribution is 2.28. The van der Waals surface area contributed by atoms with Crippen LogP contribution in [0.1, 0.15) is 17.0 Å². The average Bonchev–Trinajstić information content (AvgIpc) is 3.13. The van der Waals surface area contributed by atoms with Crippen molar-refractivity contribution in [3.05, 3.63) is 34.8 Å². The fourth-order valence-electron chi connectivity index (χ4n) is 2.84. The number of nitrogens with one attached hydrogen (secondary N) is 1. The summed E-state index contributed by atoms with van der Waals surface area (Å²) in [7, 11) is -0.759. The maximum Gasteiger partial charge on any atom is 0.409 e. The number of aromatic nitrogens is 1. The van der Waals surface area contributed by atoms with Gasteiger partial charge in [0.25, 0.3) is 0 Å². The van der Waals surface area contributed by atoms with E-state index in [1.807, 2.05) is 0 Å². The maximum atomic E-state index is 12.4. The summed E-state index contributed by atoms with van der Waals surface area (Å²) in [6.07, 6.45) is -0.0198. The Kier molecular flexibility index (Phi) is 6.38. The molecule has 1 N–H and O–H groups in total. The van der Waals surface area contributed by atoms with Gasteiger partial charge in [-0.25, -0.2) is 18.2 Å². The van der Waals surface area contributed by atoms with Gasteiger partial charge in [0, 0.05) is 24.3 Å². The second-order valence-corrected chi connectivity index (χ2v) is 9.52. The number of nitrogens with zero attached hydrogens (tertiary/aromatic N) is 2. The lowest BCUT2D eigenvalue weighted by Gasteiger charge is -2.24. The summed E-state index contributed by atoms with van der Waals surface area (Å²) in [6.45, 7) is 0.873. The minimum atomic E-state index is -3.59. The van der Waals surface area contributed by atoms with E-state index in [9.17, 15) is 18.0 Å². The van der Waals surface area contributed by atoms with Gasteiger partial charge >= 0.3 is 6.09 Å². The molecule has 0 aliphatic carbocycles. The van der Waals surface area contributed by atoms with Crippen LogP contribution in [-0.4, -0.2) is 56.8 Å². The number of carbonyl (C=O) groups is 2. The average molecular weight is 440 g/mol. The first-order chi connectivity index (χ1) is 13.8. The number of anilines is 1. The molecule has 3 rings (SSSR count). The summed E-state index contributed by atoms with van der Waals surface area (Å²) in [4.78, 5) is 30.8. The predicted octanol–water partition coefficient (Wildman–Crippen LogP) is 2.08. The Morgan fingerprint density at radius 2 is 1.97 bits per heavy atom. The molecule has 2 heterocycles. The number of benzene rings is 1. The van der Waals surface area contributed by atoms with Crippen molar-refractivity contribution in [2.24, 2.45) is 0 Å². The predicted molar refractivity (Wildman–Crippen MR) is 107 cm³/mol. The van der Waals surface area contributed by atoms with E-state index < -0.39 is 21.8 Å². The second-order valence-electron chi connectivity index (χ2n) is 6.32. The molecule has 0 saturated heterocycles. The zero-order chi connectivity index (χ0) is 21.0. The molecule has 0 radical (unpaired) electrons. The minimum Gasteiger partial charge on any atom is -0.497 e. The van der Waals surface area contributed by atoms with Gasteiger partial charge < -0.3 is 19.7 Å². The number of thiazole rings is 1. The van der Waals surface area contributed by atoms with Gasteiger partial charge in [-0.15, -0.1) is 0 Å². The largest absolute Gasteiger partial charge is 0.497 e. The van der Waals surface area contributed by atoms with Crippen LogP contribution < -0.4 is 10.1 Å². The first kappa shape index (κ1) is 21.1. The van der Waals surface area contributed by atoms with Crippen molar-refractivity contribution in [1.29, 1.82) is 0 Å². The van der Waals surface area contributed by atoms with Crippen LogP contribution in [0.3, 0.4) is 0 Å². The fourth-order valence-corrected chi connectivity index (χ4v) is 5.12. The van der Waals surface area contributed by atoms with Crippen LogP contribution in [0.2, 0.25) is 0 Å². The number of rotatable bonds is 6. The highest BCUT2D eigenvalue weighted by atomic mass is 32.2. The number of amides is 2. The Bertz CT molecular complexity index is 1000. The third-order valence-corrected chi connectivity index (χ3v) is 7.16. The molecule has 11 heteroatoms. The molecule has 156 valence electrons. The first-order valence-corrected chi connectivity index (χ1v) is 11.3. The lowest BCUT2D eigenvalue weighted by molar-refractivity contribution is -0.115. The molecule has 0 spiro atoms. The van der Waals surface area contributed by atoms with E-state index in [1.165, 1.54) is 37.7 Å². The van der Waals surface area contributed by atoms with Crippen LogP contribution in [0.5, 0.6) is 5.75 Å². The second kappa shape index (κ2) is 8.78. The Balaban J connectivity index is 1.57. The summed E-state index contributed by atoms with van der Waals surface area (Å²) < 4.78 is 34.5. The topological polar surface area (TPSA) is 115 Å². The molecule has 2 aromatic rings. The van der Waals surface area contributed by atoms with Gasteiger partial charge in [-0.3, -0.25) is 4.79 Å². The number of methoxy groups -OCH3 is 2. The fraction of sp³-hybridized carbons (Fsp3) is 0.389. The van der Waals surface area contributed by atoms with Crippen molar-refractivity contribution < 1.29 is 27.5 Å². The van der Waals surface area contributed by atoms with Crippen molar-refractivity contribution >= 4 is 38.3 Å². The van der Waals surface area contributed by atoms with E-state index in [2.05, 4.69) is 10.3 Å². The Hall–Kier alpha value is -2.66. The van der Waals surface area contributed by atoms with Crippen LogP contribution >= 0.6 is 11.3 Å². The third-order valence-electron chi connectivity index (χ3n) is 4.43. The van der Waals surface area contributed by atoms with Gasteiger partial charge in [0.1, 0.15) is 5.75 Å². The molecule has 0 unspecified atom stereocenters. The Labute approximate surface area is 172 Å². The van der Waals surface area contributed by atoms with Gasteiger partial charge in [-0.2, -0.15) is 0 Å². The molecule has 0 fully saturated rings. The lowest BCUT2D eigenvalue weighted by atomic mass is 10.2. The minimum absolute atomic E-state index is 0.138. The summed E-state index contributed by atoms with van der Waals surface area (Å²) in [5, 5.41) is 3.05. The highest BCUT2D eigenvalue weighted by Gasteiger charge is 2.25. The zero-order valence-electron chi connectivity index (χ0n) is 16.0. The monoisotopic (exact) mass is 439 g/mol. The summed E-state index contributed by atoms with van der Waals surface area (Å²) in [5.74, 6) is -0.190. The molecule has 2 amide bonds. The van der Waals surface area contributed by atoms with Gasteiger partial charge in [0.15, 0.2) is 15.0 Å². The number of carbonyl (C=O) groups excluding carboxylic acids is 2. The van der Waals surface area contributed by atoms with Crippen LogP contribution in [0, 0.1) is 0 Å². The number of fused-ring (bicyclic) bond motifs is 1. The molecule has 1 aliphatic heterocycles. The Morgan fingerprint density at radius 3 is 2.62 bits per heavy atom. The molecule has 0 saturated carbocycles. The standard InChI is InChI=1S/C18H21N3O6S2/c1-26-12-3-5-13(6-4-12)29(24,25)10-8-16(22)20-17-19-14-7-9-21(18(23)27-2)11-15(14)28-17/h3-6H,7-11H2,1-2H3,(H,19,20,22). The quantitative estimate of drug-likeness (QED) is 0.733. The van der Waals surface area contributed by atoms with E-state index in [-0.39, 0.29) is 17.1 Å². The van der Waals surface area contributed by atoms with Gasteiger partial charge in [-0.1, -0.05) is 11.3 Å². The Morgan fingerprint density at radius 1 is 1.24 bits per heavy atom. The summed E-state index contributed by atoms with van der Waals surface area (Å²) in [6, 6.07) is 6.03. The normalized spacial score (nSPS) is 13.5. The zero-order valence-corrected chi connectivity index (χ0v) is 17.6. The van der Waals surface area contributed by atoms with E-state index in [4.69, 9.17) is 9.47 Å². The molecule has 9 nitrogen and oxygen atoms in total. The van der Waals surface area contributed by atoms with Crippen LogP contribution in [-0.2, 0) is 32.3 Å². The van der Waals surface area contributed by atoms with Gasteiger partial charge in [-0.05, 0) is 24.3 Å². The molecule has 1 aliphatic rings. The number of hydrogen-bond donors (Lipinski definition) is 1. The van der Waals surface area contributed by atoms with E-state index >= 15 is 0 Å². The van der Waals surface area contributed by atoms with Crippen molar-refractivity contribution in [3.63, 3.8) is 0 Å². The van der Waals surface area contributed by atoms with Gasteiger partial charge in [0.2, 0.25) is 5.91 Å². The lowest BCUT2D eigenvalue weighted by Crippen LogP contribution is -2.35. The van der Waals surface area contributed by atoms with Crippen molar-refractivity contribution in [3.8, 4) is 5.75 Å². The highest BCUT2D eigenvalue weighted by molar-refractivity contribution is 7.91. The van der Waals surface area contributed by atoms with E-state index in [0.717, 1.165) is 10.6 Å². The molecular formula is C18H21N3O6S2. The number of hydrogen-bond acceptors (Lipinski definition) is 8. The van der Waals surface area contributed by atoms with Gasteiger partial charge in [0.05, 0.1) is 37.1 Å². The first-order valence-electron chi connectivity index (χ1n) is 8.80.